The number of rotatable bonds is 6. The highest BCUT2D eigenvalue weighted by Gasteiger charge is 2.09. The van der Waals surface area contributed by atoms with Crippen molar-refractivity contribution >= 4 is 17.2 Å². The Morgan fingerprint density at radius 2 is 1.82 bits per heavy atom. The molecule has 0 aliphatic rings. The van der Waals surface area contributed by atoms with E-state index >= 15 is 0 Å². The van der Waals surface area contributed by atoms with Crippen LogP contribution in [0.5, 0.6) is 0 Å². The van der Waals surface area contributed by atoms with Gasteiger partial charge in [-0.1, -0.05) is 50.3 Å². The standard InChI is InChI=1S/C14H22N2S/c1-4-12-5-7-13(8-6-12)10-16(3)9-11(2)14(15)17/h5-8,11H,4,9-10H2,1-3H3,(H2,15,17). The van der Waals surface area contributed by atoms with Crippen LogP contribution in [0.15, 0.2) is 24.3 Å². The van der Waals surface area contributed by atoms with Crippen LogP contribution in [0.1, 0.15) is 25.0 Å². The molecule has 0 aliphatic heterocycles. The molecule has 0 saturated heterocycles. The molecule has 0 saturated carbocycles. The fourth-order valence-corrected chi connectivity index (χ4v) is 1.89. The van der Waals surface area contributed by atoms with Crippen LogP contribution in [0.2, 0.25) is 0 Å². The first-order valence-electron chi connectivity index (χ1n) is 6.08. The van der Waals surface area contributed by atoms with Crippen LogP contribution in [-0.2, 0) is 13.0 Å². The molecule has 0 radical (unpaired) electrons. The Kier molecular flexibility index (Phi) is 5.59. The van der Waals surface area contributed by atoms with E-state index in [9.17, 15) is 0 Å². The number of nitrogens with zero attached hydrogens (tertiary/aromatic N) is 1. The first-order valence-corrected chi connectivity index (χ1v) is 6.49. The lowest BCUT2D eigenvalue weighted by Gasteiger charge is -2.20. The summed E-state index contributed by atoms with van der Waals surface area (Å²) < 4.78 is 0. The molecule has 17 heavy (non-hydrogen) atoms. The third kappa shape index (κ3) is 4.84. The van der Waals surface area contributed by atoms with E-state index in [4.69, 9.17) is 18.0 Å². The van der Waals surface area contributed by atoms with Crippen molar-refractivity contribution in [3.05, 3.63) is 35.4 Å². The topological polar surface area (TPSA) is 29.3 Å². The van der Waals surface area contributed by atoms with Gasteiger partial charge in [0.15, 0.2) is 0 Å². The predicted molar refractivity (Wildman–Crippen MR) is 78.1 cm³/mol. The summed E-state index contributed by atoms with van der Waals surface area (Å²) >= 11 is 4.99. The minimum absolute atomic E-state index is 0.268. The van der Waals surface area contributed by atoms with E-state index in [1.54, 1.807) is 0 Å². The molecule has 0 spiro atoms. The van der Waals surface area contributed by atoms with Crippen LogP contribution in [-0.4, -0.2) is 23.5 Å². The van der Waals surface area contributed by atoms with Gasteiger partial charge in [-0.2, -0.15) is 0 Å². The maximum absolute atomic E-state index is 5.62. The van der Waals surface area contributed by atoms with Crippen molar-refractivity contribution in [2.24, 2.45) is 11.7 Å². The lowest BCUT2D eigenvalue weighted by molar-refractivity contribution is 0.307. The largest absolute Gasteiger partial charge is 0.393 e. The highest BCUT2D eigenvalue weighted by molar-refractivity contribution is 7.80. The Bertz CT molecular complexity index is 359. The Hall–Kier alpha value is -0.930. The van der Waals surface area contributed by atoms with E-state index in [2.05, 4.69) is 50.1 Å². The summed E-state index contributed by atoms with van der Waals surface area (Å²) in [5.74, 6) is 0.268. The molecule has 0 heterocycles. The molecule has 1 unspecified atom stereocenters. The van der Waals surface area contributed by atoms with Crippen LogP contribution >= 0.6 is 12.2 Å². The highest BCUT2D eigenvalue weighted by Crippen LogP contribution is 2.08. The third-order valence-corrected chi connectivity index (χ3v) is 3.36. The summed E-state index contributed by atoms with van der Waals surface area (Å²) in [6.07, 6.45) is 1.09. The fourth-order valence-electron chi connectivity index (χ4n) is 1.81. The van der Waals surface area contributed by atoms with Gasteiger partial charge in [0.25, 0.3) is 0 Å². The molecule has 1 aromatic carbocycles. The molecule has 0 aliphatic carbocycles. The van der Waals surface area contributed by atoms with Crippen molar-refractivity contribution in [3.8, 4) is 0 Å². The summed E-state index contributed by atoms with van der Waals surface area (Å²) in [4.78, 5) is 2.85. The van der Waals surface area contributed by atoms with Crippen LogP contribution in [0.25, 0.3) is 0 Å². The van der Waals surface area contributed by atoms with Gasteiger partial charge >= 0.3 is 0 Å². The quantitative estimate of drug-likeness (QED) is 0.787. The van der Waals surface area contributed by atoms with E-state index in [-0.39, 0.29) is 5.92 Å². The number of aryl methyl sites for hydroxylation is 1. The molecule has 2 N–H and O–H groups in total. The van der Waals surface area contributed by atoms with E-state index in [1.807, 2.05) is 0 Å². The van der Waals surface area contributed by atoms with Gasteiger partial charge in [0.1, 0.15) is 0 Å². The average molecular weight is 250 g/mol. The molecule has 2 nitrogen and oxygen atoms in total. The first kappa shape index (κ1) is 14.1. The Labute approximate surface area is 110 Å². The second-order valence-corrected chi connectivity index (χ2v) is 5.14. The van der Waals surface area contributed by atoms with Crippen LogP contribution in [0.4, 0.5) is 0 Å². The Morgan fingerprint density at radius 3 is 2.29 bits per heavy atom. The van der Waals surface area contributed by atoms with E-state index in [0.717, 1.165) is 19.5 Å². The molecule has 1 rings (SSSR count). The molecule has 0 amide bonds. The Morgan fingerprint density at radius 1 is 1.29 bits per heavy atom. The summed E-state index contributed by atoms with van der Waals surface area (Å²) in [5.41, 5.74) is 8.34. The second-order valence-electron chi connectivity index (χ2n) is 4.67. The minimum atomic E-state index is 0.268. The molecular formula is C14H22N2S. The zero-order valence-electron chi connectivity index (χ0n) is 10.9. The van der Waals surface area contributed by atoms with Gasteiger partial charge in [0, 0.05) is 19.0 Å². The number of nitrogens with two attached hydrogens (primary N) is 1. The maximum atomic E-state index is 5.62. The van der Waals surface area contributed by atoms with Gasteiger partial charge in [-0.3, -0.25) is 0 Å². The summed E-state index contributed by atoms with van der Waals surface area (Å²) in [6.45, 7) is 6.09. The van der Waals surface area contributed by atoms with E-state index in [1.165, 1.54) is 11.1 Å². The Balaban J connectivity index is 2.49. The predicted octanol–water partition coefficient (Wildman–Crippen LogP) is 2.60. The zero-order chi connectivity index (χ0) is 12.8. The number of hydrogen-bond donors (Lipinski definition) is 1. The van der Waals surface area contributed by atoms with Gasteiger partial charge in [-0.25, -0.2) is 0 Å². The van der Waals surface area contributed by atoms with Crippen molar-refractivity contribution in [3.63, 3.8) is 0 Å². The monoisotopic (exact) mass is 250 g/mol. The van der Waals surface area contributed by atoms with Crippen molar-refractivity contribution in [1.29, 1.82) is 0 Å². The van der Waals surface area contributed by atoms with E-state index < -0.39 is 0 Å². The molecule has 1 aromatic rings. The average Bonchev–Trinajstić information content (AvgIpc) is 2.29. The lowest BCUT2D eigenvalue weighted by Crippen LogP contribution is -2.31. The van der Waals surface area contributed by atoms with Crippen LogP contribution in [0.3, 0.4) is 0 Å². The van der Waals surface area contributed by atoms with Gasteiger partial charge in [0.05, 0.1) is 4.99 Å². The molecule has 0 bridgehead atoms. The van der Waals surface area contributed by atoms with Crippen molar-refractivity contribution in [2.75, 3.05) is 13.6 Å². The second kappa shape index (κ2) is 6.72. The van der Waals surface area contributed by atoms with Gasteiger partial charge in [-0.15, -0.1) is 0 Å². The maximum Gasteiger partial charge on any atom is 0.0768 e. The third-order valence-electron chi connectivity index (χ3n) is 2.95. The summed E-state index contributed by atoms with van der Waals surface area (Å²) in [7, 11) is 2.10. The summed E-state index contributed by atoms with van der Waals surface area (Å²) in [5, 5.41) is 0. The van der Waals surface area contributed by atoms with Gasteiger partial charge in [-0.05, 0) is 24.6 Å². The first-order chi connectivity index (χ1) is 8.02. The normalized spacial score (nSPS) is 12.7. The number of hydrogen-bond acceptors (Lipinski definition) is 2. The fraction of sp³-hybridized carbons (Fsp3) is 0.500. The van der Waals surface area contributed by atoms with Crippen molar-refractivity contribution < 1.29 is 0 Å². The van der Waals surface area contributed by atoms with Gasteiger partial charge < -0.3 is 10.6 Å². The highest BCUT2D eigenvalue weighted by atomic mass is 32.1. The molecule has 0 aromatic heterocycles. The van der Waals surface area contributed by atoms with Gasteiger partial charge in [0.2, 0.25) is 0 Å². The molecular weight excluding hydrogens is 228 g/mol. The molecule has 94 valence electrons. The number of thiocarbonyl (C=S) groups is 1. The summed E-state index contributed by atoms with van der Waals surface area (Å²) in [6, 6.07) is 8.78. The molecule has 0 fully saturated rings. The van der Waals surface area contributed by atoms with Crippen molar-refractivity contribution in [2.45, 2.75) is 26.8 Å². The molecule has 1 atom stereocenters. The SMILES string of the molecule is CCc1ccc(CN(C)CC(C)C(N)=S)cc1. The van der Waals surface area contributed by atoms with Crippen LogP contribution < -0.4 is 5.73 Å². The lowest BCUT2D eigenvalue weighted by atomic mass is 10.1. The molecule has 3 heteroatoms. The van der Waals surface area contributed by atoms with Crippen LogP contribution in [0, 0.1) is 5.92 Å². The smallest absolute Gasteiger partial charge is 0.0768 e. The van der Waals surface area contributed by atoms with Crippen molar-refractivity contribution in [1.82, 2.24) is 4.90 Å². The van der Waals surface area contributed by atoms with E-state index in [0.29, 0.717) is 4.99 Å². The minimum Gasteiger partial charge on any atom is -0.393 e. The number of benzene rings is 1. The zero-order valence-corrected chi connectivity index (χ0v) is 11.8.